The molecule has 1 atom stereocenters. The molecule has 7 aromatic carbocycles. The summed E-state index contributed by atoms with van der Waals surface area (Å²) in [7, 11) is 3.00. The van der Waals surface area contributed by atoms with Crippen LogP contribution in [0.25, 0.3) is 0 Å². The third-order valence-corrected chi connectivity index (χ3v) is 13.0. The normalized spacial score (nSPS) is 11.5. The first-order valence-electron chi connectivity index (χ1n) is 15.7. The minimum Gasteiger partial charge on any atom is -0.310 e. The molecule has 0 aliphatic heterocycles. The molecule has 7 aromatic rings. The number of hydrogen-bond acceptors (Lipinski definition) is 1. The summed E-state index contributed by atoms with van der Waals surface area (Å²) in [6.45, 7) is 0. The first kappa shape index (κ1) is 34.5. The van der Waals surface area contributed by atoms with E-state index in [-0.39, 0.29) is 23.1 Å². The van der Waals surface area contributed by atoms with Gasteiger partial charge in [0.05, 0.1) is 0 Å². The molecule has 0 bridgehead atoms. The zero-order valence-electron chi connectivity index (χ0n) is 26.7. The van der Waals surface area contributed by atoms with Crippen molar-refractivity contribution in [2.24, 2.45) is 0 Å². The van der Waals surface area contributed by atoms with Gasteiger partial charge < -0.3 is 4.90 Å². The molecule has 0 saturated carbocycles. The van der Waals surface area contributed by atoms with Crippen LogP contribution >= 0.6 is 15.8 Å². The zero-order valence-corrected chi connectivity index (χ0v) is 29.6. The van der Waals surface area contributed by atoms with Gasteiger partial charge in [0.1, 0.15) is 0 Å². The SMILES string of the molecule is CN(C)[C@@H](c1ccccc1P(c1ccccc1)c1ccccc1)c1c[cH-]cc1P(c1ccccc1)c1ccccc1.[Fe+2].c1cc[cH-]c1. The van der Waals surface area contributed by atoms with Crippen molar-refractivity contribution in [2.75, 3.05) is 14.1 Å². The molecule has 0 aliphatic carbocycles. The Bertz CT molecular complexity index is 1770. The Morgan fingerprint density at radius 2 is 0.830 bits per heavy atom. The summed E-state index contributed by atoms with van der Waals surface area (Å²) >= 11 is 0. The van der Waals surface area contributed by atoms with Crippen LogP contribution in [0.1, 0.15) is 17.2 Å². The van der Waals surface area contributed by atoms with Crippen LogP contribution < -0.4 is 31.8 Å². The Kier molecular flexibility index (Phi) is 12.7. The van der Waals surface area contributed by atoms with Crippen molar-refractivity contribution < 1.29 is 17.1 Å². The average Bonchev–Trinajstić information content (AvgIpc) is 3.85. The molecule has 7 rings (SSSR count). The molecular weight excluding hydrogens is 648 g/mol. The van der Waals surface area contributed by atoms with Crippen molar-refractivity contribution in [3.8, 4) is 0 Å². The van der Waals surface area contributed by atoms with E-state index in [0.717, 1.165) is 0 Å². The Balaban J connectivity index is 0.000000662. The minimum absolute atomic E-state index is 0. The largest absolute Gasteiger partial charge is 2.00 e. The predicted octanol–water partition coefficient (Wildman–Crippen LogP) is 7.98. The van der Waals surface area contributed by atoms with Crippen LogP contribution in [0, 0.1) is 0 Å². The van der Waals surface area contributed by atoms with Gasteiger partial charge >= 0.3 is 17.1 Å². The minimum atomic E-state index is -0.734. The van der Waals surface area contributed by atoms with Crippen LogP contribution in [-0.4, -0.2) is 19.0 Å². The Hall–Kier alpha value is -3.86. The van der Waals surface area contributed by atoms with Crippen LogP contribution in [0.2, 0.25) is 0 Å². The summed E-state index contributed by atoms with van der Waals surface area (Å²) in [4.78, 5) is 2.39. The molecule has 0 aromatic heterocycles. The van der Waals surface area contributed by atoms with E-state index >= 15 is 0 Å². The van der Waals surface area contributed by atoms with Gasteiger partial charge in [-0.1, -0.05) is 154 Å². The maximum Gasteiger partial charge on any atom is 2.00 e. The summed E-state index contributed by atoms with van der Waals surface area (Å²) in [5.74, 6) is 0. The summed E-state index contributed by atoms with van der Waals surface area (Å²) in [5, 5.41) is 8.34. The van der Waals surface area contributed by atoms with Gasteiger partial charge in [0, 0.05) is 6.04 Å². The third-order valence-electron chi connectivity index (χ3n) is 7.96. The molecule has 0 amide bonds. The maximum atomic E-state index is 2.39. The Morgan fingerprint density at radius 1 is 0.426 bits per heavy atom. The van der Waals surface area contributed by atoms with Gasteiger partial charge in [-0.3, -0.25) is 0 Å². The van der Waals surface area contributed by atoms with Crippen LogP contribution in [-0.2, 0) is 17.1 Å². The van der Waals surface area contributed by atoms with Crippen LogP contribution in [0.15, 0.2) is 194 Å². The molecule has 0 heterocycles. The van der Waals surface area contributed by atoms with Gasteiger partial charge in [-0.2, -0.15) is 47.3 Å². The van der Waals surface area contributed by atoms with Gasteiger partial charge in [-0.05, 0) is 54.1 Å². The maximum absolute atomic E-state index is 2.39. The monoisotopic (exact) mass is 687 g/mol. The predicted molar refractivity (Wildman–Crippen MR) is 203 cm³/mol. The first-order chi connectivity index (χ1) is 22.7. The van der Waals surface area contributed by atoms with E-state index in [9.17, 15) is 0 Å². The van der Waals surface area contributed by atoms with Crippen LogP contribution in [0.3, 0.4) is 0 Å². The molecule has 0 fully saturated rings. The van der Waals surface area contributed by atoms with E-state index in [1.54, 1.807) is 0 Å². The molecule has 0 N–H and O–H groups in total. The van der Waals surface area contributed by atoms with Gasteiger partial charge in [-0.25, -0.2) is 12.1 Å². The Morgan fingerprint density at radius 3 is 1.23 bits per heavy atom. The van der Waals surface area contributed by atoms with E-state index < -0.39 is 15.8 Å². The second-order valence-corrected chi connectivity index (χ2v) is 15.6. The third kappa shape index (κ3) is 8.36. The van der Waals surface area contributed by atoms with E-state index in [2.05, 4.69) is 183 Å². The topological polar surface area (TPSA) is 3.24 Å². The summed E-state index contributed by atoms with van der Waals surface area (Å²) in [5.41, 5.74) is 2.76. The number of benzene rings is 5. The van der Waals surface area contributed by atoms with Crippen molar-refractivity contribution in [1.82, 2.24) is 4.90 Å². The van der Waals surface area contributed by atoms with Crippen molar-refractivity contribution in [3.05, 3.63) is 205 Å². The second kappa shape index (κ2) is 17.3. The number of hydrogen-bond donors (Lipinski definition) is 0. The van der Waals surface area contributed by atoms with Crippen molar-refractivity contribution in [1.29, 1.82) is 0 Å². The second-order valence-electron chi connectivity index (χ2n) is 11.3. The van der Waals surface area contributed by atoms with Gasteiger partial charge in [-0.15, -0.1) is 0 Å². The fourth-order valence-electron chi connectivity index (χ4n) is 5.99. The fourth-order valence-corrected chi connectivity index (χ4v) is 11.0. The fraction of sp³-hybridized carbons (Fsp3) is 0.0698. The molecule has 234 valence electrons. The zero-order chi connectivity index (χ0) is 31.6. The molecule has 1 nitrogen and oxygen atoms in total. The van der Waals surface area contributed by atoms with E-state index in [0.29, 0.717) is 0 Å². The number of rotatable bonds is 9. The molecule has 0 spiro atoms. The van der Waals surface area contributed by atoms with Gasteiger partial charge in [0.25, 0.3) is 0 Å². The first-order valence-corrected chi connectivity index (χ1v) is 18.4. The quantitative estimate of drug-likeness (QED) is 0.0846. The molecule has 0 saturated heterocycles. The molecule has 47 heavy (non-hydrogen) atoms. The summed E-state index contributed by atoms with van der Waals surface area (Å²) < 4.78 is 0. The summed E-state index contributed by atoms with van der Waals surface area (Å²) in [6, 6.07) is 70.3. The van der Waals surface area contributed by atoms with E-state index in [1.807, 2.05) is 30.3 Å². The van der Waals surface area contributed by atoms with Crippen LogP contribution in [0.4, 0.5) is 0 Å². The number of nitrogens with zero attached hydrogens (tertiary/aromatic N) is 1. The van der Waals surface area contributed by atoms with Crippen molar-refractivity contribution >= 4 is 47.7 Å². The van der Waals surface area contributed by atoms with Crippen molar-refractivity contribution in [2.45, 2.75) is 6.04 Å². The molecule has 0 radical (unpaired) electrons. The van der Waals surface area contributed by atoms with E-state index in [4.69, 9.17) is 0 Å². The Labute approximate surface area is 293 Å². The summed E-state index contributed by atoms with van der Waals surface area (Å²) in [6.07, 6.45) is 0. The average molecular weight is 688 g/mol. The molecule has 4 heteroatoms. The van der Waals surface area contributed by atoms with E-state index in [1.165, 1.54) is 43.0 Å². The smallest absolute Gasteiger partial charge is 0.310 e. The van der Waals surface area contributed by atoms with Crippen molar-refractivity contribution in [3.63, 3.8) is 0 Å². The standard InChI is InChI=1S/C38H34NP2.C5H5.Fe/c1-39(2)38(35-27-17-29-37(35)41(32-22-11-5-12-23-32)33-24-13-6-14-25-33)34-26-15-16-28-36(34)40(30-18-7-3-8-19-30)31-20-9-4-10-21-31;1-2-4-5-3-1;/h3-29,38H,1-2H3;1-5H;/q2*-1;+2/t38-;;/m0../s1. The van der Waals surface area contributed by atoms with Gasteiger partial charge in [0.15, 0.2) is 0 Å². The van der Waals surface area contributed by atoms with Gasteiger partial charge in [0.2, 0.25) is 0 Å². The molecular formula is C43H39FeNP2. The molecule has 0 aliphatic rings. The van der Waals surface area contributed by atoms with Crippen LogP contribution in [0.5, 0.6) is 0 Å². The molecule has 0 unspecified atom stereocenters.